The van der Waals surface area contributed by atoms with Gasteiger partial charge < -0.3 is 15.1 Å². The first-order valence-corrected chi connectivity index (χ1v) is 8.95. The minimum absolute atomic E-state index is 0.145. The van der Waals surface area contributed by atoms with E-state index < -0.39 is 39.8 Å². The molecule has 1 aromatic heterocycles. The van der Waals surface area contributed by atoms with Gasteiger partial charge >= 0.3 is 0 Å². The van der Waals surface area contributed by atoms with Gasteiger partial charge in [-0.25, -0.2) is 17.1 Å². The number of furan rings is 1. The van der Waals surface area contributed by atoms with E-state index in [9.17, 15) is 22.4 Å². The summed E-state index contributed by atoms with van der Waals surface area (Å²) in [5, 5.41) is 4.76. The van der Waals surface area contributed by atoms with Crippen LogP contribution < -0.4 is 10.6 Å². The summed E-state index contributed by atoms with van der Waals surface area (Å²) in [4.78, 5) is 23.6. The van der Waals surface area contributed by atoms with Crippen LogP contribution in [0.15, 0.2) is 45.9 Å². The maximum atomic E-state index is 13.9. The third kappa shape index (κ3) is 4.67. The van der Waals surface area contributed by atoms with Crippen LogP contribution in [0.1, 0.15) is 16.1 Å². The minimum atomic E-state index is -3.82. The zero-order chi connectivity index (χ0) is 19.3. The van der Waals surface area contributed by atoms with Gasteiger partial charge in [0.1, 0.15) is 11.6 Å². The van der Waals surface area contributed by atoms with Crippen LogP contribution in [-0.2, 0) is 21.4 Å². The van der Waals surface area contributed by atoms with Crippen LogP contribution in [0.25, 0.3) is 0 Å². The second kappa shape index (κ2) is 8.11. The van der Waals surface area contributed by atoms with Crippen molar-refractivity contribution in [3.63, 3.8) is 0 Å². The summed E-state index contributed by atoms with van der Waals surface area (Å²) < 4.78 is 44.0. The molecule has 0 aliphatic carbocycles. The maximum absolute atomic E-state index is 13.9. The van der Waals surface area contributed by atoms with Gasteiger partial charge in [-0.15, -0.1) is 0 Å². The number of benzene rings is 1. The SMILES string of the molecule is CN(C)S(=O)(=O)c1ccc(F)c(C(=O)NCC(=O)NCc2ccco2)c1. The Morgan fingerprint density at radius 3 is 2.54 bits per heavy atom. The second-order valence-corrected chi connectivity index (χ2v) is 7.62. The van der Waals surface area contributed by atoms with Crippen LogP contribution in [0.5, 0.6) is 0 Å². The molecule has 0 fully saturated rings. The number of carbonyl (C=O) groups is 2. The lowest BCUT2D eigenvalue weighted by Crippen LogP contribution is -2.37. The zero-order valence-corrected chi connectivity index (χ0v) is 15.0. The standard InChI is InChI=1S/C16H18FN3O5S/c1-20(2)26(23,24)12-5-6-14(17)13(8-12)16(22)19-10-15(21)18-9-11-4-3-7-25-11/h3-8H,9-10H2,1-2H3,(H,18,21)(H,19,22). The molecule has 2 rings (SSSR count). The van der Waals surface area contributed by atoms with Gasteiger partial charge in [-0.2, -0.15) is 0 Å². The van der Waals surface area contributed by atoms with Crippen LogP contribution >= 0.6 is 0 Å². The summed E-state index contributed by atoms with van der Waals surface area (Å²) in [6.07, 6.45) is 1.46. The summed E-state index contributed by atoms with van der Waals surface area (Å²) in [7, 11) is -1.18. The molecule has 0 saturated heterocycles. The van der Waals surface area contributed by atoms with E-state index >= 15 is 0 Å². The first-order chi connectivity index (χ1) is 12.2. The maximum Gasteiger partial charge on any atom is 0.254 e. The van der Waals surface area contributed by atoms with Crippen molar-refractivity contribution in [3.05, 3.63) is 53.7 Å². The third-order valence-electron chi connectivity index (χ3n) is 3.41. The second-order valence-electron chi connectivity index (χ2n) is 5.47. The predicted molar refractivity (Wildman–Crippen MR) is 90.2 cm³/mol. The van der Waals surface area contributed by atoms with Crippen molar-refractivity contribution in [3.8, 4) is 0 Å². The Morgan fingerprint density at radius 1 is 1.19 bits per heavy atom. The lowest BCUT2D eigenvalue weighted by molar-refractivity contribution is -0.120. The Hall–Kier alpha value is -2.72. The summed E-state index contributed by atoms with van der Waals surface area (Å²) in [5.74, 6) is -1.76. The molecule has 2 aromatic rings. The smallest absolute Gasteiger partial charge is 0.254 e. The predicted octanol–water partition coefficient (Wildman–Crippen LogP) is 0.715. The van der Waals surface area contributed by atoms with E-state index in [0.29, 0.717) is 5.76 Å². The van der Waals surface area contributed by atoms with E-state index in [-0.39, 0.29) is 11.4 Å². The van der Waals surface area contributed by atoms with Crippen LogP contribution in [0, 0.1) is 5.82 Å². The van der Waals surface area contributed by atoms with E-state index in [1.807, 2.05) is 0 Å². The average molecular weight is 383 g/mol. The lowest BCUT2D eigenvalue weighted by Gasteiger charge is -2.13. The fraction of sp³-hybridized carbons (Fsp3) is 0.250. The van der Waals surface area contributed by atoms with Crippen molar-refractivity contribution < 1.29 is 26.8 Å². The van der Waals surface area contributed by atoms with E-state index in [1.165, 1.54) is 20.4 Å². The molecule has 0 saturated carbocycles. The summed E-state index contributed by atoms with van der Waals surface area (Å²) in [6, 6.07) is 6.23. The highest BCUT2D eigenvalue weighted by Crippen LogP contribution is 2.17. The monoisotopic (exact) mass is 383 g/mol. The molecule has 1 aromatic carbocycles. The first-order valence-electron chi connectivity index (χ1n) is 7.51. The van der Waals surface area contributed by atoms with E-state index in [2.05, 4.69) is 10.6 Å². The molecular formula is C16H18FN3O5S. The van der Waals surface area contributed by atoms with Crippen LogP contribution in [0.4, 0.5) is 4.39 Å². The molecule has 1 heterocycles. The highest BCUT2D eigenvalue weighted by molar-refractivity contribution is 7.89. The minimum Gasteiger partial charge on any atom is -0.467 e. The van der Waals surface area contributed by atoms with Crippen molar-refractivity contribution in [1.82, 2.24) is 14.9 Å². The molecule has 0 radical (unpaired) electrons. The van der Waals surface area contributed by atoms with Gasteiger partial charge in [0.15, 0.2) is 0 Å². The summed E-state index contributed by atoms with van der Waals surface area (Å²) in [5.41, 5.74) is -0.466. The number of sulfonamides is 1. The van der Waals surface area contributed by atoms with Crippen LogP contribution in [0.2, 0.25) is 0 Å². The number of carbonyl (C=O) groups excluding carboxylic acids is 2. The van der Waals surface area contributed by atoms with Crippen molar-refractivity contribution in [2.24, 2.45) is 0 Å². The molecule has 140 valence electrons. The number of nitrogens with zero attached hydrogens (tertiary/aromatic N) is 1. The molecule has 2 amide bonds. The number of hydrogen-bond acceptors (Lipinski definition) is 5. The fourth-order valence-electron chi connectivity index (χ4n) is 1.97. The zero-order valence-electron chi connectivity index (χ0n) is 14.2. The fourth-order valence-corrected chi connectivity index (χ4v) is 2.90. The summed E-state index contributed by atoms with van der Waals surface area (Å²) in [6.45, 7) is -0.254. The van der Waals surface area contributed by atoms with Crippen molar-refractivity contribution in [2.75, 3.05) is 20.6 Å². The molecule has 8 nitrogen and oxygen atoms in total. The Labute approximate surface area is 150 Å². The molecule has 0 aliphatic rings. The van der Waals surface area contributed by atoms with Gasteiger partial charge in [0.05, 0.1) is 29.8 Å². The molecule has 26 heavy (non-hydrogen) atoms. The normalized spacial score (nSPS) is 11.4. The number of halogens is 1. The third-order valence-corrected chi connectivity index (χ3v) is 5.22. The Morgan fingerprint density at radius 2 is 1.92 bits per heavy atom. The van der Waals surface area contributed by atoms with E-state index in [1.54, 1.807) is 12.1 Å². The Kier molecular flexibility index (Phi) is 6.11. The van der Waals surface area contributed by atoms with Gasteiger partial charge in [-0.1, -0.05) is 0 Å². The highest BCUT2D eigenvalue weighted by Gasteiger charge is 2.21. The van der Waals surface area contributed by atoms with Gasteiger partial charge in [0, 0.05) is 14.1 Å². The van der Waals surface area contributed by atoms with Crippen molar-refractivity contribution >= 4 is 21.8 Å². The molecule has 0 aliphatic heterocycles. The number of amides is 2. The van der Waals surface area contributed by atoms with Crippen LogP contribution in [-0.4, -0.2) is 45.2 Å². The topological polar surface area (TPSA) is 109 Å². The average Bonchev–Trinajstić information content (AvgIpc) is 3.11. The quantitative estimate of drug-likeness (QED) is 0.732. The van der Waals surface area contributed by atoms with E-state index in [4.69, 9.17) is 4.42 Å². The van der Waals surface area contributed by atoms with Gasteiger partial charge in [-0.05, 0) is 30.3 Å². The van der Waals surface area contributed by atoms with Gasteiger partial charge in [-0.3, -0.25) is 9.59 Å². The molecule has 10 heteroatoms. The van der Waals surface area contributed by atoms with Gasteiger partial charge in [0.2, 0.25) is 15.9 Å². The van der Waals surface area contributed by atoms with Crippen molar-refractivity contribution in [2.45, 2.75) is 11.4 Å². The molecule has 0 unspecified atom stereocenters. The molecule has 2 N–H and O–H groups in total. The van der Waals surface area contributed by atoms with Gasteiger partial charge in [0.25, 0.3) is 5.91 Å². The largest absolute Gasteiger partial charge is 0.467 e. The molecule has 0 bridgehead atoms. The molecular weight excluding hydrogens is 365 g/mol. The molecule has 0 atom stereocenters. The lowest BCUT2D eigenvalue weighted by atomic mass is 10.2. The van der Waals surface area contributed by atoms with Crippen molar-refractivity contribution in [1.29, 1.82) is 0 Å². The Bertz CT molecular complexity index is 895. The summed E-state index contributed by atoms with van der Waals surface area (Å²) >= 11 is 0. The van der Waals surface area contributed by atoms with E-state index in [0.717, 1.165) is 22.5 Å². The number of nitrogens with one attached hydrogen (secondary N) is 2. The molecule has 0 spiro atoms. The number of hydrogen-bond donors (Lipinski definition) is 2. The highest BCUT2D eigenvalue weighted by atomic mass is 32.2. The number of rotatable bonds is 7. The van der Waals surface area contributed by atoms with Crippen LogP contribution in [0.3, 0.4) is 0 Å². The first kappa shape index (κ1) is 19.6. The Balaban J connectivity index is 2.01.